The van der Waals surface area contributed by atoms with Gasteiger partial charge in [0.25, 0.3) is 10.9 Å². The molecular weight excluding hydrogens is 302 g/mol. The molecule has 0 bridgehead atoms. The van der Waals surface area contributed by atoms with Gasteiger partial charge in [-0.15, -0.1) is 0 Å². The van der Waals surface area contributed by atoms with Gasteiger partial charge in [-0.2, -0.15) is 0 Å². The number of hydrogen-bond donors (Lipinski definition) is 2. The standard InChI is InChI=1S/C16H20ClN3O2/c1-20(2)8-4-7-18-13-14(16(22)15(13)21)19-10-11-5-3-6-12(17)9-11/h3,5-6,9,18-19H,4,7-8,10H2,1-2H3. The minimum Gasteiger partial charge on any atom is -0.380 e. The molecule has 0 aliphatic heterocycles. The Labute approximate surface area is 134 Å². The molecule has 118 valence electrons. The zero-order valence-corrected chi connectivity index (χ0v) is 13.5. The molecule has 2 N–H and O–H groups in total. The van der Waals surface area contributed by atoms with Crippen LogP contribution in [0.5, 0.6) is 0 Å². The molecule has 0 heterocycles. The van der Waals surface area contributed by atoms with Crippen molar-refractivity contribution in [2.24, 2.45) is 0 Å². The molecule has 0 saturated carbocycles. The Morgan fingerprint density at radius 1 is 1.09 bits per heavy atom. The van der Waals surface area contributed by atoms with Gasteiger partial charge in [0.15, 0.2) is 0 Å². The zero-order valence-electron chi connectivity index (χ0n) is 12.8. The van der Waals surface area contributed by atoms with Gasteiger partial charge >= 0.3 is 0 Å². The summed E-state index contributed by atoms with van der Waals surface area (Å²) in [6.45, 7) is 2.04. The average Bonchev–Trinajstić information content (AvgIpc) is 2.48. The highest BCUT2D eigenvalue weighted by Crippen LogP contribution is 2.17. The van der Waals surface area contributed by atoms with Gasteiger partial charge in [0.2, 0.25) is 0 Å². The summed E-state index contributed by atoms with van der Waals surface area (Å²) in [5.41, 5.74) is 0.815. The summed E-state index contributed by atoms with van der Waals surface area (Å²) in [6.07, 6.45) is 0.902. The van der Waals surface area contributed by atoms with Crippen LogP contribution >= 0.6 is 11.6 Å². The van der Waals surface area contributed by atoms with Crippen LogP contribution in [0.4, 0.5) is 11.4 Å². The fourth-order valence-corrected chi connectivity index (χ4v) is 2.39. The summed E-state index contributed by atoms with van der Waals surface area (Å²) in [6, 6.07) is 7.38. The topological polar surface area (TPSA) is 61.4 Å². The maximum Gasteiger partial charge on any atom is 0.253 e. The van der Waals surface area contributed by atoms with Crippen LogP contribution in [0.15, 0.2) is 33.9 Å². The summed E-state index contributed by atoms with van der Waals surface area (Å²) in [5.74, 6) is 0. The first-order valence-corrected chi connectivity index (χ1v) is 7.57. The highest BCUT2D eigenvalue weighted by molar-refractivity contribution is 6.30. The Morgan fingerprint density at radius 3 is 2.41 bits per heavy atom. The lowest BCUT2D eigenvalue weighted by Gasteiger charge is -2.16. The van der Waals surface area contributed by atoms with Gasteiger partial charge in [-0.1, -0.05) is 23.7 Å². The van der Waals surface area contributed by atoms with Crippen molar-refractivity contribution in [1.82, 2.24) is 4.90 Å². The van der Waals surface area contributed by atoms with Gasteiger partial charge < -0.3 is 15.5 Å². The van der Waals surface area contributed by atoms with Crippen molar-refractivity contribution >= 4 is 23.0 Å². The molecule has 0 radical (unpaired) electrons. The van der Waals surface area contributed by atoms with Crippen molar-refractivity contribution in [3.05, 3.63) is 55.3 Å². The Morgan fingerprint density at radius 2 is 1.77 bits per heavy atom. The van der Waals surface area contributed by atoms with Crippen LogP contribution in [0, 0.1) is 0 Å². The van der Waals surface area contributed by atoms with Crippen molar-refractivity contribution in [2.75, 3.05) is 37.8 Å². The van der Waals surface area contributed by atoms with Crippen molar-refractivity contribution in [1.29, 1.82) is 0 Å². The SMILES string of the molecule is CN(C)CCCNc1c(NCc2cccc(Cl)c2)c(=O)c1=O. The fourth-order valence-electron chi connectivity index (χ4n) is 2.18. The number of nitrogens with zero attached hydrogens (tertiary/aromatic N) is 1. The summed E-state index contributed by atoms with van der Waals surface area (Å²) < 4.78 is 0. The van der Waals surface area contributed by atoms with Crippen LogP contribution in [-0.2, 0) is 6.54 Å². The monoisotopic (exact) mass is 321 g/mol. The van der Waals surface area contributed by atoms with E-state index >= 15 is 0 Å². The third-order valence-electron chi connectivity index (χ3n) is 3.35. The minimum atomic E-state index is -0.461. The maximum absolute atomic E-state index is 11.7. The maximum atomic E-state index is 11.7. The summed E-state index contributed by atoms with van der Waals surface area (Å²) >= 11 is 5.92. The van der Waals surface area contributed by atoms with E-state index in [1.165, 1.54) is 0 Å². The second kappa shape index (κ2) is 7.42. The van der Waals surface area contributed by atoms with E-state index in [2.05, 4.69) is 15.5 Å². The quantitative estimate of drug-likeness (QED) is 0.574. The van der Waals surface area contributed by atoms with Crippen LogP contribution < -0.4 is 21.5 Å². The molecule has 0 spiro atoms. The molecule has 2 aromatic carbocycles. The van der Waals surface area contributed by atoms with E-state index in [1.807, 2.05) is 32.3 Å². The molecule has 6 heteroatoms. The van der Waals surface area contributed by atoms with E-state index in [0.717, 1.165) is 18.5 Å². The molecule has 2 aromatic rings. The molecular formula is C16H20ClN3O2. The number of rotatable bonds is 8. The normalized spacial score (nSPS) is 11.1. The number of hydrogen-bond acceptors (Lipinski definition) is 5. The van der Waals surface area contributed by atoms with E-state index in [4.69, 9.17) is 11.6 Å². The summed E-state index contributed by atoms with van der Waals surface area (Å²) in [5, 5.41) is 6.71. The highest BCUT2D eigenvalue weighted by atomic mass is 35.5. The molecule has 0 aromatic heterocycles. The third kappa shape index (κ3) is 4.08. The molecule has 0 aliphatic rings. The van der Waals surface area contributed by atoms with Crippen molar-refractivity contribution in [3.8, 4) is 0 Å². The summed E-state index contributed by atoms with van der Waals surface area (Å²) in [7, 11) is 3.99. The molecule has 22 heavy (non-hydrogen) atoms. The largest absolute Gasteiger partial charge is 0.380 e. The minimum absolute atomic E-state index is 0.370. The first-order chi connectivity index (χ1) is 10.5. The second-order valence-electron chi connectivity index (χ2n) is 5.48. The number of halogens is 1. The predicted molar refractivity (Wildman–Crippen MR) is 91.8 cm³/mol. The van der Waals surface area contributed by atoms with E-state index in [1.54, 1.807) is 6.07 Å². The average molecular weight is 322 g/mol. The Bertz CT molecular complexity index is 706. The first-order valence-electron chi connectivity index (χ1n) is 7.19. The molecule has 0 fully saturated rings. The van der Waals surface area contributed by atoms with Crippen molar-refractivity contribution < 1.29 is 0 Å². The number of benzene rings is 1. The van der Waals surface area contributed by atoms with Crippen LogP contribution in [0.3, 0.4) is 0 Å². The van der Waals surface area contributed by atoms with E-state index in [-0.39, 0.29) is 0 Å². The highest BCUT2D eigenvalue weighted by Gasteiger charge is 2.20. The van der Waals surface area contributed by atoms with Crippen LogP contribution in [0.25, 0.3) is 0 Å². The molecule has 0 amide bonds. The summed E-state index contributed by atoms with van der Waals surface area (Å²) in [4.78, 5) is 25.4. The molecule has 0 unspecified atom stereocenters. The van der Waals surface area contributed by atoms with Crippen LogP contribution in [-0.4, -0.2) is 32.1 Å². The van der Waals surface area contributed by atoms with Gasteiger partial charge in [-0.25, -0.2) is 0 Å². The molecule has 2 rings (SSSR count). The molecule has 0 saturated heterocycles. The lowest BCUT2D eigenvalue weighted by molar-refractivity contribution is 0.405. The van der Waals surface area contributed by atoms with E-state index in [9.17, 15) is 9.59 Å². The Hall–Kier alpha value is -1.85. The first kappa shape index (κ1) is 16.5. The second-order valence-corrected chi connectivity index (χ2v) is 5.91. The smallest absolute Gasteiger partial charge is 0.253 e. The fraction of sp³-hybridized carbons (Fsp3) is 0.375. The van der Waals surface area contributed by atoms with E-state index < -0.39 is 10.9 Å². The zero-order chi connectivity index (χ0) is 16.1. The molecule has 5 nitrogen and oxygen atoms in total. The van der Waals surface area contributed by atoms with Gasteiger partial charge in [-0.3, -0.25) is 9.59 Å². The van der Waals surface area contributed by atoms with Gasteiger partial charge in [-0.05, 0) is 44.8 Å². The van der Waals surface area contributed by atoms with E-state index in [0.29, 0.717) is 29.5 Å². The Kier molecular flexibility index (Phi) is 5.57. The molecule has 0 atom stereocenters. The van der Waals surface area contributed by atoms with Crippen LogP contribution in [0.1, 0.15) is 12.0 Å². The van der Waals surface area contributed by atoms with Gasteiger partial charge in [0.05, 0.1) is 0 Å². The third-order valence-corrected chi connectivity index (χ3v) is 3.59. The van der Waals surface area contributed by atoms with Gasteiger partial charge in [0.1, 0.15) is 11.4 Å². The number of nitrogens with one attached hydrogen (secondary N) is 2. The van der Waals surface area contributed by atoms with Crippen LogP contribution in [0.2, 0.25) is 5.02 Å². The van der Waals surface area contributed by atoms with Crippen molar-refractivity contribution in [3.63, 3.8) is 0 Å². The lowest BCUT2D eigenvalue weighted by atomic mass is 10.1. The molecule has 0 aliphatic carbocycles. The Balaban J connectivity index is 1.93. The van der Waals surface area contributed by atoms with Crippen molar-refractivity contribution in [2.45, 2.75) is 13.0 Å². The lowest BCUT2D eigenvalue weighted by Crippen LogP contribution is -2.37. The number of anilines is 2. The predicted octanol–water partition coefficient (Wildman–Crippen LogP) is 1.91. The van der Waals surface area contributed by atoms with Gasteiger partial charge in [0, 0.05) is 18.1 Å².